The first-order valence-corrected chi connectivity index (χ1v) is 10.5. The van der Waals surface area contributed by atoms with Crippen molar-refractivity contribution >= 4 is 11.8 Å². The highest BCUT2D eigenvalue weighted by molar-refractivity contribution is 5.81. The van der Waals surface area contributed by atoms with E-state index in [0.29, 0.717) is 37.1 Å². The Bertz CT molecular complexity index is 624. The topological polar surface area (TPSA) is 88.3 Å². The van der Waals surface area contributed by atoms with Crippen LogP contribution >= 0.6 is 0 Å². The minimum atomic E-state index is -0.0795. The van der Waals surface area contributed by atoms with Gasteiger partial charge < -0.3 is 14.7 Å². The number of amides is 2. The van der Waals surface area contributed by atoms with Gasteiger partial charge in [0.25, 0.3) is 0 Å². The Morgan fingerprint density at radius 1 is 1.15 bits per heavy atom. The van der Waals surface area contributed by atoms with Gasteiger partial charge in [-0.2, -0.15) is 4.98 Å². The number of hydrogen-bond acceptors (Lipinski definition) is 5. The molecule has 2 fully saturated rings. The van der Waals surface area contributed by atoms with E-state index in [1.807, 2.05) is 4.90 Å². The van der Waals surface area contributed by atoms with Gasteiger partial charge in [0, 0.05) is 38.4 Å². The van der Waals surface area contributed by atoms with Crippen molar-refractivity contribution in [2.45, 2.75) is 83.6 Å². The number of aryl methyl sites for hydroxylation is 2. The fourth-order valence-electron chi connectivity index (χ4n) is 4.07. The number of carbonyl (C=O) groups excluding carboxylic acids is 2. The highest BCUT2D eigenvalue weighted by atomic mass is 16.5. The van der Waals surface area contributed by atoms with E-state index in [-0.39, 0.29) is 17.7 Å². The van der Waals surface area contributed by atoms with Crippen LogP contribution in [0.15, 0.2) is 4.52 Å². The average molecular weight is 377 g/mol. The average Bonchev–Trinajstić information content (AvgIpc) is 3.15. The molecule has 1 aliphatic heterocycles. The zero-order valence-corrected chi connectivity index (χ0v) is 16.4. The summed E-state index contributed by atoms with van der Waals surface area (Å²) in [5.74, 6) is 1.35. The lowest BCUT2D eigenvalue weighted by atomic mass is 9.93. The molecule has 0 aromatic carbocycles. The van der Waals surface area contributed by atoms with Crippen molar-refractivity contribution in [2.24, 2.45) is 5.92 Å². The Kier molecular flexibility index (Phi) is 7.24. The number of hydrogen-bond donors (Lipinski definition) is 1. The van der Waals surface area contributed by atoms with Gasteiger partial charge in [-0.3, -0.25) is 9.59 Å². The summed E-state index contributed by atoms with van der Waals surface area (Å²) in [6.07, 6.45) is 10.2. The van der Waals surface area contributed by atoms with Crippen molar-refractivity contribution in [1.29, 1.82) is 0 Å². The Balaban J connectivity index is 1.44. The molecule has 0 spiro atoms. The van der Waals surface area contributed by atoms with E-state index in [4.69, 9.17) is 4.52 Å². The fourth-order valence-corrected chi connectivity index (χ4v) is 4.07. The van der Waals surface area contributed by atoms with E-state index in [9.17, 15) is 9.59 Å². The zero-order valence-electron chi connectivity index (χ0n) is 16.4. The molecule has 1 aromatic heterocycles. The largest absolute Gasteiger partial charge is 0.353 e. The smallest absolute Gasteiger partial charge is 0.227 e. The molecule has 2 aliphatic rings. The lowest BCUT2D eigenvalue weighted by Gasteiger charge is -2.33. The molecule has 1 saturated carbocycles. The van der Waals surface area contributed by atoms with Gasteiger partial charge in [0.05, 0.1) is 5.92 Å². The van der Waals surface area contributed by atoms with Crippen LogP contribution in [-0.2, 0) is 22.4 Å². The van der Waals surface area contributed by atoms with Crippen molar-refractivity contribution in [2.75, 3.05) is 13.1 Å². The lowest BCUT2D eigenvalue weighted by Crippen LogP contribution is -2.48. The predicted molar refractivity (Wildman–Crippen MR) is 101 cm³/mol. The molecular weight excluding hydrogens is 344 g/mol. The van der Waals surface area contributed by atoms with Gasteiger partial charge in [-0.25, -0.2) is 0 Å². The number of piperidine rings is 1. The zero-order chi connectivity index (χ0) is 19.1. The predicted octanol–water partition coefficient (Wildman–Crippen LogP) is 2.64. The molecule has 1 aliphatic carbocycles. The van der Waals surface area contributed by atoms with Crippen molar-refractivity contribution in [3.05, 3.63) is 11.7 Å². The van der Waals surface area contributed by atoms with Crippen molar-refractivity contribution in [3.8, 4) is 0 Å². The Morgan fingerprint density at radius 2 is 1.96 bits per heavy atom. The van der Waals surface area contributed by atoms with Crippen LogP contribution in [0.2, 0.25) is 0 Å². The molecule has 1 saturated heterocycles. The highest BCUT2D eigenvalue weighted by Crippen LogP contribution is 2.21. The van der Waals surface area contributed by atoms with Crippen LogP contribution < -0.4 is 5.32 Å². The first-order chi connectivity index (χ1) is 13.2. The maximum atomic E-state index is 12.6. The summed E-state index contributed by atoms with van der Waals surface area (Å²) in [5, 5.41) is 7.13. The van der Waals surface area contributed by atoms with Gasteiger partial charge in [0.1, 0.15) is 0 Å². The third-order valence-electron chi connectivity index (χ3n) is 5.63. The molecule has 7 nitrogen and oxygen atoms in total. The van der Waals surface area contributed by atoms with Crippen LogP contribution in [0.25, 0.3) is 0 Å². The minimum absolute atomic E-state index is 0.0698. The summed E-state index contributed by atoms with van der Waals surface area (Å²) in [6, 6.07) is 0.326. The van der Waals surface area contributed by atoms with E-state index in [1.165, 1.54) is 19.3 Å². The minimum Gasteiger partial charge on any atom is -0.353 e. The highest BCUT2D eigenvalue weighted by Gasteiger charge is 2.29. The van der Waals surface area contributed by atoms with Gasteiger partial charge in [-0.05, 0) is 32.1 Å². The number of likely N-dealkylation sites (tertiary alicyclic amines) is 1. The Morgan fingerprint density at radius 3 is 2.74 bits per heavy atom. The summed E-state index contributed by atoms with van der Waals surface area (Å²) in [7, 11) is 0. The van der Waals surface area contributed by atoms with Crippen LogP contribution in [0.4, 0.5) is 0 Å². The van der Waals surface area contributed by atoms with Crippen LogP contribution in [0, 0.1) is 5.92 Å². The van der Waals surface area contributed by atoms with Crippen molar-refractivity contribution < 1.29 is 14.1 Å². The van der Waals surface area contributed by atoms with Gasteiger partial charge in [-0.15, -0.1) is 0 Å². The Labute approximate surface area is 161 Å². The van der Waals surface area contributed by atoms with Crippen LogP contribution in [0.1, 0.15) is 76.4 Å². The maximum Gasteiger partial charge on any atom is 0.227 e. The molecule has 1 atom stereocenters. The Hall–Kier alpha value is -1.92. The van der Waals surface area contributed by atoms with Gasteiger partial charge in [0.15, 0.2) is 5.82 Å². The van der Waals surface area contributed by atoms with Crippen LogP contribution in [0.5, 0.6) is 0 Å². The summed E-state index contributed by atoms with van der Waals surface area (Å²) in [6.45, 7) is 3.33. The molecule has 2 amide bonds. The second kappa shape index (κ2) is 9.85. The van der Waals surface area contributed by atoms with Gasteiger partial charge in [-0.1, -0.05) is 31.3 Å². The van der Waals surface area contributed by atoms with E-state index < -0.39 is 0 Å². The second-order valence-corrected chi connectivity index (χ2v) is 7.88. The van der Waals surface area contributed by atoms with Crippen molar-refractivity contribution in [1.82, 2.24) is 20.4 Å². The summed E-state index contributed by atoms with van der Waals surface area (Å²) in [5.41, 5.74) is 0. The van der Waals surface area contributed by atoms with Gasteiger partial charge in [0.2, 0.25) is 17.7 Å². The van der Waals surface area contributed by atoms with E-state index in [2.05, 4.69) is 22.4 Å². The van der Waals surface area contributed by atoms with Crippen LogP contribution in [-0.4, -0.2) is 46.0 Å². The first-order valence-electron chi connectivity index (χ1n) is 10.5. The molecule has 2 heterocycles. The quantitative estimate of drug-likeness (QED) is 0.790. The van der Waals surface area contributed by atoms with Crippen LogP contribution in [0.3, 0.4) is 0 Å². The molecule has 7 heteroatoms. The van der Waals surface area contributed by atoms with E-state index >= 15 is 0 Å². The molecule has 150 valence electrons. The number of carbonyl (C=O) groups is 2. The SMILES string of the molecule is CCCc1noc(CCC(=O)N2CCCC(C(=O)NC3CCCCC3)C2)n1. The third-order valence-corrected chi connectivity index (χ3v) is 5.63. The van der Waals surface area contributed by atoms with Crippen molar-refractivity contribution in [3.63, 3.8) is 0 Å². The maximum absolute atomic E-state index is 12.6. The molecule has 0 bridgehead atoms. The number of nitrogens with zero attached hydrogens (tertiary/aromatic N) is 3. The number of rotatable bonds is 7. The second-order valence-electron chi connectivity index (χ2n) is 7.88. The molecular formula is C20H32N4O3. The lowest BCUT2D eigenvalue weighted by molar-refractivity contribution is -0.136. The molecule has 27 heavy (non-hydrogen) atoms. The molecule has 3 rings (SSSR count). The molecule has 0 radical (unpaired) electrons. The summed E-state index contributed by atoms with van der Waals surface area (Å²) >= 11 is 0. The van der Waals surface area contributed by atoms with Gasteiger partial charge >= 0.3 is 0 Å². The number of aromatic nitrogens is 2. The fraction of sp³-hybridized carbons (Fsp3) is 0.800. The standard InChI is InChI=1S/C20H32N4O3/c1-2-7-17-22-18(27-23-17)11-12-19(25)24-13-6-8-15(14-24)20(26)21-16-9-4-3-5-10-16/h15-16H,2-14H2,1H3,(H,21,26). The monoisotopic (exact) mass is 376 g/mol. The molecule has 1 unspecified atom stereocenters. The number of nitrogens with one attached hydrogen (secondary N) is 1. The molecule has 1 aromatic rings. The summed E-state index contributed by atoms with van der Waals surface area (Å²) < 4.78 is 5.20. The van der Waals surface area contributed by atoms with E-state index in [1.54, 1.807) is 0 Å². The normalized spacial score (nSPS) is 21.2. The van der Waals surface area contributed by atoms with E-state index in [0.717, 1.165) is 45.1 Å². The molecule has 1 N–H and O–H groups in total. The summed E-state index contributed by atoms with van der Waals surface area (Å²) in [4.78, 5) is 31.3. The third kappa shape index (κ3) is 5.78. The first kappa shape index (κ1) is 19.8.